The molecule has 0 unspecified atom stereocenters. The van der Waals surface area contributed by atoms with Gasteiger partial charge in [0.2, 0.25) is 0 Å². The Morgan fingerprint density at radius 2 is 1.53 bits per heavy atom. The van der Waals surface area contributed by atoms with Crippen LogP contribution in [0.3, 0.4) is 0 Å². The molecule has 1 aliphatic carbocycles. The van der Waals surface area contributed by atoms with Gasteiger partial charge >= 0.3 is 6.16 Å². The summed E-state index contributed by atoms with van der Waals surface area (Å²) in [7, 11) is 0. The smallest absolute Gasteiger partial charge is 0.434 e. The standard InChI is InChI=1S/C16H30O3/c1-2-3-11-14-18-16(17)19-15-12-9-7-5-4-6-8-10-13-15/h15H,2-14H2,1H3. The lowest BCUT2D eigenvalue weighted by Gasteiger charge is -2.18. The monoisotopic (exact) mass is 270 g/mol. The predicted molar refractivity (Wildman–Crippen MR) is 77.3 cm³/mol. The second-order valence-electron chi connectivity index (χ2n) is 5.60. The summed E-state index contributed by atoms with van der Waals surface area (Å²) in [6, 6.07) is 0. The summed E-state index contributed by atoms with van der Waals surface area (Å²) in [5.41, 5.74) is 0. The molecule has 0 aromatic heterocycles. The number of hydrogen-bond donors (Lipinski definition) is 0. The average Bonchev–Trinajstić information content (AvgIpc) is 2.42. The van der Waals surface area contributed by atoms with Crippen molar-refractivity contribution in [2.75, 3.05) is 6.61 Å². The SMILES string of the molecule is CCCCCOC(=O)OC1CCCCCCCCC1. The maximum absolute atomic E-state index is 11.6. The van der Waals surface area contributed by atoms with E-state index in [-0.39, 0.29) is 6.10 Å². The Hall–Kier alpha value is -0.730. The van der Waals surface area contributed by atoms with Crippen LogP contribution in [0.2, 0.25) is 0 Å². The second-order valence-corrected chi connectivity index (χ2v) is 5.60. The van der Waals surface area contributed by atoms with E-state index in [4.69, 9.17) is 9.47 Å². The van der Waals surface area contributed by atoms with Crippen LogP contribution in [0.25, 0.3) is 0 Å². The van der Waals surface area contributed by atoms with Gasteiger partial charge in [-0.15, -0.1) is 0 Å². The van der Waals surface area contributed by atoms with Gasteiger partial charge in [-0.05, 0) is 32.1 Å². The molecule has 3 heteroatoms. The van der Waals surface area contributed by atoms with Crippen molar-refractivity contribution in [1.29, 1.82) is 0 Å². The highest BCUT2D eigenvalue weighted by atomic mass is 16.7. The predicted octanol–water partition coefficient (Wildman–Crippen LogP) is 5.22. The number of unbranched alkanes of at least 4 members (excludes halogenated alkanes) is 2. The first-order chi connectivity index (χ1) is 9.33. The van der Waals surface area contributed by atoms with Crippen molar-refractivity contribution in [3.8, 4) is 0 Å². The lowest BCUT2D eigenvalue weighted by molar-refractivity contribution is 0.0152. The van der Waals surface area contributed by atoms with E-state index in [0.29, 0.717) is 6.61 Å². The van der Waals surface area contributed by atoms with Gasteiger partial charge in [-0.25, -0.2) is 4.79 Å². The Morgan fingerprint density at radius 1 is 0.947 bits per heavy atom. The number of carbonyl (C=O) groups is 1. The third-order valence-corrected chi connectivity index (χ3v) is 3.78. The van der Waals surface area contributed by atoms with E-state index in [1.807, 2.05) is 0 Å². The highest BCUT2D eigenvalue weighted by molar-refractivity contribution is 5.60. The van der Waals surface area contributed by atoms with E-state index in [1.165, 1.54) is 44.9 Å². The van der Waals surface area contributed by atoms with Gasteiger partial charge in [0.15, 0.2) is 0 Å². The molecule has 0 heterocycles. The highest BCUT2D eigenvalue weighted by Gasteiger charge is 2.15. The first-order valence-electron chi connectivity index (χ1n) is 8.16. The minimum atomic E-state index is -0.460. The highest BCUT2D eigenvalue weighted by Crippen LogP contribution is 2.19. The van der Waals surface area contributed by atoms with Crippen LogP contribution in [0.1, 0.15) is 84.0 Å². The van der Waals surface area contributed by atoms with Crippen LogP contribution in [0.5, 0.6) is 0 Å². The van der Waals surface area contributed by atoms with Crippen LogP contribution >= 0.6 is 0 Å². The molecule has 0 aliphatic heterocycles. The zero-order valence-corrected chi connectivity index (χ0v) is 12.5. The van der Waals surface area contributed by atoms with Crippen LogP contribution in [0.15, 0.2) is 0 Å². The van der Waals surface area contributed by atoms with Crippen LogP contribution in [-0.4, -0.2) is 18.9 Å². The van der Waals surface area contributed by atoms with Crippen LogP contribution in [-0.2, 0) is 9.47 Å². The quantitative estimate of drug-likeness (QED) is 0.507. The van der Waals surface area contributed by atoms with Gasteiger partial charge in [-0.3, -0.25) is 0 Å². The molecule has 1 fully saturated rings. The molecule has 0 N–H and O–H groups in total. The van der Waals surface area contributed by atoms with Crippen LogP contribution in [0, 0.1) is 0 Å². The Labute approximate surface area is 118 Å². The van der Waals surface area contributed by atoms with Gasteiger partial charge in [0.05, 0.1) is 6.61 Å². The summed E-state index contributed by atoms with van der Waals surface area (Å²) in [5, 5.41) is 0. The average molecular weight is 270 g/mol. The minimum Gasteiger partial charge on any atom is -0.434 e. The van der Waals surface area contributed by atoms with Gasteiger partial charge in [0, 0.05) is 0 Å². The third-order valence-electron chi connectivity index (χ3n) is 3.78. The molecule has 0 bridgehead atoms. The Morgan fingerprint density at radius 3 is 2.11 bits per heavy atom. The van der Waals surface area contributed by atoms with E-state index in [1.54, 1.807) is 0 Å². The molecule has 3 nitrogen and oxygen atoms in total. The molecule has 0 radical (unpaired) electrons. The Balaban J connectivity index is 2.17. The molecule has 0 atom stereocenters. The number of hydrogen-bond acceptors (Lipinski definition) is 3. The summed E-state index contributed by atoms with van der Waals surface area (Å²) < 4.78 is 10.6. The minimum absolute atomic E-state index is 0.0803. The molecule has 1 aliphatic rings. The lowest BCUT2D eigenvalue weighted by Crippen LogP contribution is -2.20. The topological polar surface area (TPSA) is 35.5 Å². The van der Waals surface area contributed by atoms with E-state index in [9.17, 15) is 4.79 Å². The third kappa shape index (κ3) is 8.90. The van der Waals surface area contributed by atoms with E-state index in [2.05, 4.69) is 6.92 Å². The number of rotatable bonds is 5. The Bertz CT molecular complexity index is 218. The molecular weight excluding hydrogens is 240 g/mol. The number of ether oxygens (including phenoxy) is 2. The lowest BCUT2D eigenvalue weighted by atomic mass is 9.99. The molecule has 1 rings (SSSR count). The summed E-state index contributed by atoms with van der Waals surface area (Å²) in [5.74, 6) is 0. The van der Waals surface area contributed by atoms with E-state index < -0.39 is 6.16 Å². The first-order valence-corrected chi connectivity index (χ1v) is 8.16. The van der Waals surface area contributed by atoms with Crippen molar-refractivity contribution in [2.24, 2.45) is 0 Å². The fourth-order valence-corrected chi connectivity index (χ4v) is 2.57. The van der Waals surface area contributed by atoms with Gasteiger partial charge < -0.3 is 9.47 Å². The van der Waals surface area contributed by atoms with Crippen molar-refractivity contribution >= 4 is 6.16 Å². The van der Waals surface area contributed by atoms with Crippen LogP contribution < -0.4 is 0 Å². The molecule has 0 aromatic carbocycles. The van der Waals surface area contributed by atoms with Crippen molar-refractivity contribution in [3.05, 3.63) is 0 Å². The van der Waals surface area contributed by atoms with Crippen molar-refractivity contribution in [1.82, 2.24) is 0 Å². The second kappa shape index (κ2) is 11.1. The molecule has 112 valence electrons. The molecule has 19 heavy (non-hydrogen) atoms. The normalized spacial score (nSPS) is 18.8. The molecule has 0 amide bonds. The Kier molecular flexibility index (Phi) is 9.56. The fourth-order valence-electron chi connectivity index (χ4n) is 2.57. The van der Waals surface area contributed by atoms with Crippen LogP contribution in [0.4, 0.5) is 4.79 Å². The van der Waals surface area contributed by atoms with Gasteiger partial charge in [-0.2, -0.15) is 0 Å². The van der Waals surface area contributed by atoms with E-state index >= 15 is 0 Å². The van der Waals surface area contributed by atoms with Crippen molar-refractivity contribution < 1.29 is 14.3 Å². The summed E-state index contributed by atoms with van der Waals surface area (Å²) in [4.78, 5) is 11.6. The maximum Gasteiger partial charge on any atom is 0.508 e. The summed E-state index contributed by atoms with van der Waals surface area (Å²) in [6.45, 7) is 2.64. The van der Waals surface area contributed by atoms with E-state index in [0.717, 1.165) is 32.1 Å². The van der Waals surface area contributed by atoms with Gasteiger partial charge in [-0.1, -0.05) is 51.9 Å². The molecule has 1 saturated carbocycles. The molecule has 0 saturated heterocycles. The molecule has 0 aromatic rings. The zero-order chi connectivity index (χ0) is 13.8. The van der Waals surface area contributed by atoms with Crippen molar-refractivity contribution in [3.63, 3.8) is 0 Å². The largest absolute Gasteiger partial charge is 0.508 e. The zero-order valence-electron chi connectivity index (χ0n) is 12.5. The number of carbonyl (C=O) groups excluding carboxylic acids is 1. The van der Waals surface area contributed by atoms with Gasteiger partial charge in [0.25, 0.3) is 0 Å². The first kappa shape index (κ1) is 16.3. The molecule has 0 spiro atoms. The summed E-state index contributed by atoms with van der Waals surface area (Å²) >= 11 is 0. The molecular formula is C16H30O3. The van der Waals surface area contributed by atoms with Gasteiger partial charge in [0.1, 0.15) is 6.10 Å². The maximum atomic E-state index is 11.6. The van der Waals surface area contributed by atoms with Crippen molar-refractivity contribution in [2.45, 2.75) is 90.1 Å². The summed E-state index contributed by atoms with van der Waals surface area (Å²) in [6.07, 6.45) is 13.7. The fraction of sp³-hybridized carbons (Fsp3) is 0.938.